The summed E-state index contributed by atoms with van der Waals surface area (Å²) in [5.41, 5.74) is 2.97. The van der Waals surface area contributed by atoms with Gasteiger partial charge in [0.15, 0.2) is 11.8 Å². The molecular formula is C22H20ClFN6O2. The normalized spacial score (nSPS) is 16.7. The number of oxazole rings is 1. The lowest BCUT2D eigenvalue weighted by atomic mass is 10.1. The summed E-state index contributed by atoms with van der Waals surface area (Å²) in [6.45, 7) is 6.98. The van der Waals surface area contributed by atoms with Gasteiger partial charge in [-0.3, -0.25) is 0 Å². The highest BCUT2D eigenvalue weighted by molar-refractivity contribution is 6.30. The number of rotatable bonds is 3. The van der Waals surface area contributed by atoms with Crippen LogP contribution in [-0.4, -0.2) is 44.6 Å². The summed E-state index contributed by atoms with van der Waals surface area (Å²) in [6, 6.07) is 4.48. The third-order valence-electron chi connectivity index (χ3n) is 5.38. The van der Waals surface area contributed by atoms with Crippen LogP contribution in [0, 0.1) is 26.6 Å². The monoisotopic (exact) mass is 454 g/mol. The van der Waals surface area contributed by atoms with E-state index in [1.165, 1.54) is 6.07 Å². The highest BCUT2D eigenvalue weighted by Gasteiger charge is 2.28. The van der Waals surface area contributed by atoms with E-state index in [-0.39, 0.29) is 11.7 Å². The summed E-state index contributed by atoms with van der Waals surface area (Å²) in [5.74, 6) is 1.14. The molecule has 5 rings (SSSR count). The molecular weight excluding hydrogens is 435 g/mol. The SMILES string of the molecule is Cc1cnc(C2CN(c3nc(-c4ccc(Cl)cc4F)c4nc(C)c(C)nc4n3)CCO2)o1. The van der Waals surface area contributed by atoms with Crippen molar-refractivity contribution in [2.24, 2.45) is 0 Å². The number of aryl methyl sites for hydroxylation is 3. The second-order valence-electron chi connectivity index (χ2n) is 7.68. The van der Waals surface area contributed by atoms with Crippen LogP contribution >= 0.6 is 11.6 Å². The van der Waals surface area contributed by atoms with Crippen molar-refractivity contribution < 1.29 is 13.5 Å². The molecule has 3 aromatic heterocycles. The number of halogens is 2. The van der Waals surface area contributed by atoms with Crippen molar-refractivity contribution in [3.8, 4) is 11.3 Å². The summed E-state index contributed by atoms with van der Waals surface area (Å²) in [6.07, 6.45) is 1.30. The minimum Gasteiger partial charge on any atom is -0.443 e. The van der Waals surface area contributed by atoms with E-state index in [4.69, 9.17) is 25.7 Å². The van der Waals surface area contributed by atoms with Crippen molar-refractivity contribution in [2.75, 3.05) is 24.6 Å². The van der Waals surface area contributed by atoms with Gasteiger partial charge in [-0.05, 0) is 39.0 Å². The Bertz CT molecular complexity index is 1330. The third-order valence-corrected chi connectivity index (χ3v) is 5.62. The number of hydrogen-bond donors (Lipinski definition) is 0. The zero-order valence-electron chi connectivity index (χ0n) is 17.8. The second kappa shape index (κ2) is 8.07. The minimum atomic E-state index is -0.487. The van der Waals surface area contributed by atoms with Crippen molar-refractivity contribution in [1.82, 2.24) is 24.9 Å². The molecule has 164 valence electrons. The van der Waals surface area contributed by atoms with Gasteiger partial charge in [0, 0.05) is 17.1 Å². The molecule has 10 heteroatoms. The molecule has 0 radical (unpaired) electrons. The first-order valence-electron chi connectivity index (χ1n) is 10.2. The zero-order valence-corrected chi connectivity index (χ0v) is 18.5. The number of anilines is 1. The predicted molar refractivity (Wildman–Crippen MR) is 117 cm³/mol. The maximum Gasteiger partial charge on any atom is 0.228 e. The Morgan fingerprint density at radius 2 is 1.91 bits per heavy atom. The van der Waals surface area contributed by atoms with Gasteiger partial charge < -0.3 is 14.1 Å². The van der Waals surface area contributed by atoms with Crippen molar-refractivity contribution in [1.29, 1.82) is 0 Å². The fraction of sp³-hybridized carbons (Fsp3) is 0.318. The van der Waals surface area contributed by atoms with Crippen LogP contribution in [-0.2, 0) is 4.74 Å². The molecule has 0 aliphatic carbocycles. The summed E-state index contributed by atoms with van der Waals surface area (Å²) in [5, 5.41) is 0.306. The van der Waals surface area contributed by atoms with E-state index < -0.39 is 5.82 Å². The molecule has 1 atom stereocenters. The lowest BCUT2D eigenvalue weighted by Crippen LogP contribution is -2.39. The summed E-state index contributed by atoms with van der Waals surface area (Å²) < 4.78 is 26.3. The molecule has 0 N–H and O–H groups in total. The topological polar surface area (TPSA) is 90.1 Å². The molecule has 0 bridgehead atoms. The average molecular weight is 455 g/mol. The molecule has 0 saturated carbocycles. The van der Waals surface area contributed by atoms with Gasteiger partial charge in [-0.15, -0.1) is 0 Å². The predicted octanol–water partition coefficient (Wildman–Crippen LogP) is 4.37. The van der Waals surface area contributed by atoms with Gasteiger partial charge >= 0.3 is 0 Å². The first kappa shape index (κ1) is 20.7. The summed E-state index contributed by atoms with van der Waals surface area (Å²) >= 11 is 5.96. The molecule has 4 aromatic rings. The Labute approximate surface area is 188 Å². The van der Waals surface area contributed by atoms with Gasteiger partial charge in [0.1, 0.15) is 22.8 Å². The second-order valence-corrected chi connectivity index (χ2v) is 8.11. The van der Waals surface area contributed by atoms with Gasteiger partial charge in [0.25, 0.3) is 0 Å². The zero-order chi connectivity index (χ0) is 22.4. The Balaban J connectivity index is 1.62. The number of ether oxygens (including phenoxy) is 1. The fourth-order valence-electron chi connectivity index (χ4n) is 3.61. The number of benzene rings is 1. The maximum atomic E-state index is 14.9. The third kappa shape index (κ3) is 3.78. The molecule has 1 aliphatic heterocycles. The molecule has 1 aromatic carbocycles. The van der Waals surface area contributed by atoms with Crippen LogP contribution < -0.4 is 4.90 Å². The first-order valence-corrected chi connectivity index (χ1v) is 10.5. The Kier molecular flexibility index (Phi) is 5.22. The van der Waals surface area contributed by atoms with Crippen LogP contribution in [0.2, 0.25) is 5.02 Å². The fourth-order valence-corrected chi connectivity index (χ4v) is 3.77. The lowest BCUT2D eigenvalue weighted by Gasteiger charge is -2.31. The smallest absolute Gasteiger partial charge is 0.228 e. The van der Waals surface area contributed by atoms with Crippen molar-refractivity contribution >= 4 is 28.7 Å². The van der Waals surface area contributed by atoms with Gasteiger partial charge in [-0.2, -0.15) is 4.98 Å². The summed E-state index contributed by atoms with van der Waals surface area (Å²) in [4.78, 5) is 24.8. The number of hydrogen-bond acceptors (Lipinski definition) is 8. The van der Waals surface area contributed by atoms with Crippen molar-refractivity contribution in [3.05, 3.63) is 58.3 Å². The molecule has 1 saturated heterocycles. The van der Waals surface area contributed by atoms with Gasteiger partial charge in [-0.25, -0.2) is 24.3 Å². The van der Waals surface area contributed by atoms with Crippen LogP contribution in [0.25, 0.3) is 22.4 Å². The van der Waals surface area contributed by atoms with E-state index in [0.717, 1.165) is 11.4 Å². The lowest BCUT2D eigenvalue weighted by molar-refractivity contribution is 0.0213. The van der Waals surface area contributed by atoms with Gasteiger partial charge in [-0.1, -0.05) is 11.6 Å². The van der Waals surface area contributed by atoms with Gasteiger partial charge in [0.2, 0.25) is 11.8 Å². The van der Waals surface area contributed by atoms with Crippen LogP contribution in [0.1, 0.15) is 29.1 Å². The number of fused-ring (bicyclic) bond motifs is 1. The molecule has 1 unspecified atom stereocenters. The minimum absolute atomic E-state index is 0.286. The number of morpholine rings is 1. The molecule has 1 fully saturated rings. The molecule has 8 nitrogen and oxygen atoms in total. The van der Waals surface area contributed by atoms with Crippen molar-refractivity contribution in [2.45, 2.75) is 26.9 Å². The van der Waals surface area contributed by atoms with Crippen LogP contribution in [0.5, 0.6) is 0 Å². The van der Waals surface area contributed by atoms with Crippen LogP contribution in [0.15, 0.2) is 28.8 Å². The number of nitrogens with zero attached hydrogens (tertiary/aromatic N) is 6. The highest BCUT2D eigenvalue weighted by Crippen LogP contribution is 2.32. The maximum absolute atomic E-state index is 14.9. The Hall–Kier alpha value is -3.17. The molecule has 4 heterocycles. The average Bonchev–Trinajstić information content (AvgIpc) is 3.21. The largest absolute Gasteiger partial charge is 0.443 e. The van der Waals surface area contributed by atoms with E-state index in [1.807, 2.05) is 25.7 Å². The molecule has 1 aliphatic rings. The van der Waals surface area contributed by atoms with E-state index in [9.17, 15) is 4.39 Å². The van der Waals surface area contributed by atoms with Crippen LogP contribution in [0.3, 0.4) is 0 Å². The molecule has 0 amide bonds. The molecule has 0 spiro atoms. The van der Waals surface area contributed by atoms with Gasteiger partial charge in [0.05, 0.1) is 30.7 Å². The quantitative estimate of drug-likeness (QED) is 0.450. The first-order chi connectivity index (χ1) is 15.4. The van der Waals surface area contributed by atoms with E-state index in [1.54, 1.807) is 18.3 Å². The van der Waals surface area contributed by atoms with Crippen LogP contribution in [0.4, 0.5) is 10.3 Å². The van der Waals surface area contributed by atoms with Crippen molar-refractivity contribution in [3.63, 3.8) is 0 Å². The Morgan fingerprint density at radius 1 is 1.09 bits per heavy atom. The van der Waals surface area contributed by atoms with E-state index >= 15 is 0 Å². The Morgan fingerprint density at radius 3 is 2.66 bits per heavy atom. The number of aromatic nitrogens is 5. The van der Waals surface area contributed by atoms with E-state index in [2.05, 4.69) is 19.9 Å². The standard InChI is InChI=1S/C22H20ClFN6O2/c1-11-9-25-21(32-11)17-10-30(6-7-31-17)22-28-18(15-5-4-14(23)8-16(15)24)19-20(29-22)27-13(3)12(2)26-19/h4-5,8-9,17H,6-7,10H2,1-3H3. The van der Waals surface area contributed by atoms with E-state index in [0.29, 0.717) is 59.2 Å². The molecule has 32 heavy (non-hydrogen) atoms. The summed E-state index contributed by atoms with van der Waals surface area (Å²) in [7, 11) is 0. The highest BCUT2D eigenvalue weighted by atomic mass is 35.5.